The van der Waals surface area contributed by atoms with E-state index in [9.17, 15) is 0 Å². The van der Waals surface area contributed by atoms with Crippen LogP contribution in [0.25, 0.3) is 0 Å². The summed E-state index contributed by atoms with van der Waals surface area (Å²) in [6.07, 6.45) is 2.42. The highest BCUT2D eigenvalue weighted by molar-refractivity contribution is 7.98. The van der Waals surface area contributed by atoms with Gasteiger partial charge in [0.2, 0.25) is 0 Å². The monoisotopic (exact) mass is 257 g/mol. The Kier molecular flexibility index (Phi) is 5.15. The molecule has 2 heteroatoms. The van der Waals surface area contributed by atoms with Crippen LogP contribution >= 0.6 is 11.8 Å². The van der Waals surface area contributed by atoms with Crippen molar-refractivity contribution in [1.82, 2.24) is 0 Å². The molecule has 2 N–H and O–H groups in total. The summed E-state index contributed by atoms with van der Waals surface area (Å²) in [5.74, 6) is 2.29. The van der Waals surface area contributed by atoms with Crippen molar-refractivity contribution in [2.24, 2.45) is 0 Å². The molecule has 0 bridgehead atoms. The second-order valence-corrected chi connectivity index (χ2v) is 5.49. The molecule has 2 aromatic carbocycles. The summed E-state index contributed by atoms with van der Waals surface area (Å²) in [4.78, 5) is 0. The number of hydrogen-bond acceptors (Lipinski definition) is 2. The van der Waals surface area contributed by atoms with Crippen molar-refractivity contribution in [1.29, 1.82) is 0 Å². The number of thioether (sulfide) groups is 1. The maximum absolute atomic E-state index is 5.66. The van der Waals surface area contributed by atoms with Crippen molar-refractivity contribution < 1.29 is 0 Å². The molecule has 0 spiro atoms. The van der Waals surface area contributed by atoms with E-state index in [0.717, 1.165) is 11.4 Å². The number of nitrogen functional groups attached to an aromatic ring is 1. The van der Waals surface area contributed by atoms with Gasteiger partial charge in [0.25, 0.3) is 0 Å². The first-order valence-corrected chi connectivity index (χ1v) is 7.46. The molecular weight excluding hydrogens is 238 g/mol. The molecule has 2 aromatic rings. The van der Waals surface area contributed by atoms with E-state index in [4.69, 9.17) is 5.73 Å². The second-order valence-electron chi connectivity index (χ2n) is 4.38. The van der Waals surface area contributed by atoms with E-state index in [1.54, 1.807) is 0 Å². The van der Waals surface area contributed by atoms with Crippen LogP contribution < -0.4 is 5.73 Å². The Morgan fingerprint density at radius 3 is 2.28 bits per heavy atom. The number of aryl methyl sites for hydroxylation is 1. The van der Waals surface area contributed by atoms with Crippen molar-refractivity contribution in [2.75, 3.05) is 11.5 Å². The fraction of sp³-hybridized carbons (Fsp3) is 0.250. The summed E-state index contributed by atoms with van der Waals surface area (Å²) in [7, 11) is 0. The first-order valence-electron chi connectivity index (χ1n) is 6.31. The molecule has 94 valence electrons. The van der Waals surface area contributed by atoms with Gasteiger partial charge in [-0.15, -0.1) is 0 Å². The Bertz CT molecular complexity index is 450. The zero-order valence-corrected chi connectivity index (χ0v) is 11.3. The molecule has 0 unspecified atom stereocenters. The van der Waals surface area contributed by atoms with Crippen LogP contribution in [0.1, 0.15) is 17.5 Å². The summed E-state index contributed by atoms with van der Waals surface area (Å²) in [5, 5.41) is 0. The number of nitrogens with two attached hydrogens (primary N) is 1. The first-order chi connectivity index (χ1) is 8.84. The van der Waals surface area contributed by atoms with Gasteiger partial charge < -0.3 is 5.73 Å². The van der Waals surface area contributed by atoms with E-state index >= 15 is 0 Å². The quantitative estimate of drug-likeness (QED) is 0.622. The van der Waals surface area contributed by atoms with E-state index in [1.807, 2.05) is 23.9 Å². The highest BCUT2D eigenvalue weighted by Gasteiger charge is 1.95. The summed E-state index contributed by atoms with van der Waals surface area (Å²) in [5.41, 5.74) is 9.29. The number of anilines is 1. The van der Waals surface area contributed by atoms with Crippen LogP contribution in [0.3, 0.4) is 0 Å². The van der Waals surface area contributed by atoms with Crippen molar-refractivity contribution in [3.05, 3.63) is 65.7 Å². The molecule has 0 aliphatic heterocycles. The smallest absolute Gasteiger partial charge is 0.0314 e. The van der Waals surface area contributed by atoms with E-state index in [1.165, 1.54) is 29.7 Å². The fourth-order valence-electron chi connectivity index (χ4n) is 1.83. The topological polar surface area (TPSA) is 26.0 Å². The molecule has 0 aliphatic rings. The predicted octanol–water partition coefficient (Wildman–Crippen LogP) is 4.13. The van der Waals surface area contributed by atoms with Crippen molar-refractivity contribution in [3.63, 3.8) is 0 Å². The van der Waals surface area contributed by atoms with Gasteiger partial charge in [-0.1, -0.05) is 42.5 Å². The zero-order chi connectivity index (χ0) is 12.6. The number of benzene rings is 2. The third-order valence-corrected chi connectivity index (χ3v) is 3.96. The van der Waals surface area contributed by atoms with Gasteiger partial charge in [-0.25, -0.2) is 0 Å². The highest BCUT2D eigenvalue weighted by atomic mass is 32.2. The Balaban J connectivity index is 1.63. The third kappa shape index (κ3) is 4.46. The molecule has 0 amide bonds. The molecule has 0 radical (unpaired) electrons. The van der Waals surface area contributed by atoms with Crippen LogP contribution in [-0.2, 0) is 12.2 Å². The highest BCUT2D eigenvalue weighted by Crippen LogP contribution is 2.15. The third-order valence-electron chi connectivity index (χ3n) is 2.85. The molecule has 18 heavy (non-hydrogen) atoms. The van der Waals surface area contributed by atoms with Gasteiger partial charge in [-0.3, -0.25) is 0 Å². The van der Waals surface area contributed by atoms with Crippen molar-refractivity contribution >= 4 is 17.4 Å². The standard InChI is InChI=1S/C16H19NS/c17-16-10-8-15(9-11-16)13-18-12-4-7-14-5-2-1-3-6-14/h1-3,5-6,8-11H,4,7,12-13,17H2. The molecule has 0 fully saturated rings. The zero-order valence-electron chi connectivity index (χ0n) is 10.5. The summed E-state index contributed by atoms with van der Waals surface area (Å²) < 4.78 is 0. The lowest BCUT2D eigenvalue weighted by atomic mass is 10.1. The Morgan fingerprint density at radius 2 is 1.56 bits per heavy atom. The van der Waals surface area contributed by atoms with E-state index in [-0.39, 0.29) is 0 Å². The molecule has 2 rings (SSSR count). The fourth-order valence-corrected chi connectivity index (χ4v) is 2.75. The summed E-state index contributed by atoms with van der Waals surface area (Å²) in [6, 6.07) is 18.8. The molecule has 0 saturated carbocycles. The summed E-state index contributed by atoms with van der Waals surface area (Å²) in [6.45, 7) is 0. The molecule has 0 saturated heterocycles. The van der Waals surface area contributed by atoms with Crippen LogP contribution in [0.15, 0.2) is 54.6 Å². The lowest BCUT2D eigenvalue weighted by Crippen LogP contribution is -1.89. The Morgan fingerprint density at radius 1 is 0.833 bits per heavy atom. The summed E-state index contributed by atoms with van der Waals surface area (Å²) >= 11 is 1.99. The number of hydrogen-bond donors (Lipinski definition) is 1. The van der Waals surface area contributed by atoms with Crippen molar-refractivity contribution in [3.8, 4) is 0 Å². The SMILES string of the molecule is Nc1ccc(CSCCCc2ccccc2)cc1. The van der Waals surface area contributed by atoms with Gasteiger partial charge >= 0.3 is 0 Å². The van der Waals surface area contributed by atoms with Gasteiger partial charge in [0.1, 0.15) is 0 Å². The van der Waals surface area contributed by atoms with Crippen LogP contribution in [0.2, 0.25) is 0 Å². The van der Waals surface area contributed by atoms with Crippen LogP contribution in [0, 0.1) is 0 Å². The van der Waals surface area contributed by atoms with Crippen molar-refractivity contribution in [2.45, 2.75) is 18.6 Å². The van der Waals surface area contributed by atoms with E-state index < -0.39 is 0 Å². The minimum atomic E-state index is 0.841. The number of rotatable bonds is 6. The molecule has 0 aliphatic carbocycles. The van der Waals surface area contributed by atoms with Gasteiger partial charge in [-0.05, 0) is 41.9 Å². The lowest BCUT2D eigenvalue weighted by Gasteiger charge is -2.03. The van der Waals surface area contributed by atoms with Gasteiger partial charge in [0.15, 0.2) is 0 Å². The molecule has 0 heterocycles. The van der Waals surface area contributed by atoms with E-state index in [0.29, 0.717) is 0 Å². The first kappa shape index (κ1) is 13.0. The Labute approximate surface area is 113 Å². The van der Waals surface area contributed by atoms with Gasteiger partial charge in [0, 0.05) is 11.4 Å². The normalized spacial score (nSPS) is 10.4. The lowest BCUT2D eigenvalue weighted by molar-refractivity contribution is 0.933. The minimum Gasteiger partial charge on any atom is -0.399 e. The van der Waals surface area contributed by atoms with Crippen LogP contribution in [-0.4, -0.2) is 5.75 Å². The minimum absolute atomic E-state index is 0.841. The molecule has 0 aromatic heterocycles. The second kappa shape index (κ2) is 7.12. The average molecular weight is 257 g/mol. The molecule has 1 nitrogen and oxygen atoms in total. The molecule has 0 atom stereocenters. The predicted molar refractivity (Wildman–Crippen MR) is 81.8 cm³/mol. The van der Waals surface area contributed by atoms with Crippen LogP contribution in [0.4, 0.5) is 5.69 Å². The van der Waals surface area contributed by atoms with Crippen LogP contribution in [0.5, 0.6) is 0 Å². The maximum atomic E-state index is 5.66. The van der Waals surface area contributed by atoms with E-state index in [2.05, 4.69) is 42.5 Å². The largest absolute Gasteiger partial charge is 0.399 e. The van der Waals surface area contributed by atoms with Gasteiger partial charge in [0.05, 0.1) is 0 Å². The van der Waals surface area contributed by atoms with Gasteiger partial charge in [-0.2, -0.15) is 11.8 Å². The average Bonchev–Trinajstić information content (AvgIpc) is 2.42. The Hall–Kier alpha value is -1.41. The molecular formula is C16H19NS. The maximum Gasteiger partial charge on any atom is 0.0314 e.